The lowest BCUT2D eigenvalue weighted by Gasteiger charge is -2.56. The first-order chi connectivity index (χ1) is 20.1. The predicted octanol–water partition coefficient (Wildman–Crippen LogP) is 7.00. The Labute approximate surface area is 247 Å². The SMILES string of the molecule is CC(C)NC(=O)OCC#Cc1ccc([C@H]2C[C@@]3(C)C(CC[C@@]3(O)C(F)(F)C(F)(F)F)C3CCC4=CC(=O)CCC4=C32)cc1. The number of allylic oxidation sites excluding steroid dienone is 4. The fourth-order valence-electron chi connectivity index (χ4n) is 8.03. The molecule has 1 amide bonds. The maximum absolute atomic E-state index is 15.1. The summed E-state index contributed by atoms with van der Waals surface area (Å²) in [6.07, 6.45) is -3.57. The second-order valence-corrected chi connectivity index (χ2v) is 12.8. The molecule has 10 heteroatoms. The predicted molar refractivity (Wildman–Crippen MR) is 149 cm³/mol. The van der Waals surface area contributed by atoms with Crippen molar-refractivity contribution >= 4 is 11.9 Å². The number of ether oxygens (including phenoxy) is 1. The van der Waals surface area contributed by atoms with Crippen LogP contribution in [0.4, 0.5) is 26.7 Å². The maximum Gasteiger partial charge on any atom is 0.456 e. The van der Waals surface area contributed by atoms with E-state index in [1.54, 1.807) is 44.2 Å². The van der Waals surface area contributed by atoms with Crippen molar-refractivity contribution in [3.8, 4) is 11.8 Å². The summed E-state index contributed by atoms with van der Waals surface area (Å²) in [6, 6.07) is 6.97. The largest absolute Gasteiger partial charge is 0.456 e. The zero-order valence-corrected chi connectivity index (χ0v) is 24.4. The summed E-state index contributed by atoms with van der Waals surface area (Å²) in [7, 11) is 0. The van der Waals surface area contributed by atoms with Crippen LogP contribution < -0.4 is 5.32 Å². The number of hydrogen-bond donors (Lipinski definition) is 2. The minimum atomic E-state index is -5.89. The van der Waals surface area contributed by atoms with Crippen LogP contribution in [-0.2, 0) is 9.53 Å². The average Bonchev–Trinajstić information content (AvgIpc) is 3.21. The van der Waals surface area contributed by atoms with Crippen LogP contribution in [0.3, 0.4) is 0 Å². The van der Waals surface area contributed by atoms with E-state index in [1.807, 2.05) is 0 Å². The molecule has 0 heterocycles. The van der Waals surface area contributed by atoms with Gasteiger partial charge in [-0.3, -0.25) is 4.79 Å². The highest BCUT2D eigenvalue weighted by Gasteiger charge is 2.79. The molecule has 5 nitrogen and oxygen atoms in total. The summed E-state index contributed by atoms with van der Waals surface area (Å²) in [4.78, 5) is 23.8. The molecule has 4 aliphatic rings. The normalized spacial score (nSPS) is 30.5. The zero-order valence-electron chi connectivity index (χ0n) is 24.4. The van der Waals surface area contributed by atoms with E-state index in [1.165, 1.54) is 6.92 Å². The molecule has 4 aliphatic carbocycles. The third kappa shape index (κ3) is 5.28. The van der Waals surface area contributed by atoms with E-state index in [9.17, 15) is 27.9 Å². The number of alkyl halides is 5. The molecular formula is C33H36F5NO4. The van der Waals surface area contributed by atoms with Gasteiger partial charge in [0.2, 0.25) is 0 Å². The summed E-state index contributed by atoms with van der Waals surface area (Å²) in [5.74, 6) is -0.925. The van der Waals surface area contributed by atoms with Gasteiger partial charge in [0, 0.05) is 29.4 Å². The van der Waals surface area contributed by atoms with Crippen LogP contribution in [0.2, 0.25) is 0 Å². The van der Waals surface area contributed by atoms with Gasteiger partial charge in [0.15, 0.2) is 12.4 Å². The quantitative estimate of drug-likeness (QED) is 0.286. The lowest BCUT2D eigenvalue weighted by atomic mass is 9.50. The summed E-state index contributed by atoms with van der Waals surface area (Å²) in [6.45, 7) is 4.88. The van der Waals surface area contributed by atoms with Crippen LogP contribution in [-0.4, -0.2) is 47.3 Å². The molecule has 1 aromatic carbocycles. The number of alkyl carbamates (subject to hydrolysis) is 1. The monoisotopic (exact) mass is 605 g/mol. The molecule has 2 fully saturated rings. The number of benzene rings is 1. The fourth-order valence-corrected chi connectivity index (χ4v) is 8.03. The molecule has 0 bridgehead atoms. The van der Waals surface area contributed by atoms with E-state index in [-0.39, 0.29) is 37.2 Å². The van der Waals surface area contributed by atoms with Gasteiger partial charge in [-0.1, -0.05) is 36.5 Å². The van der Waals surface area contributed by atoms with E-state index < -0.39 is 47.5 Å². The van der Waals surface area contributed by atoms with Crippen LogP contribution >= 0.6 is 0 Å². The van der Waals surface area contributed by atoms with Gasteiger partial charge in [0.1, 0.15) is 5.60 Å². The van der Waals surface area contributed by atoms with E-state index in [2.05, 4.69) is 17.2 Å². The molecule has 43 heavy (non-hydrogen) atoms. The Hall–Kier alpha value is -3.19. The van der Waals surface area contributed by atoms with Gasteiger partial charge in [-0.15, -0.1) is 0 Å². The molecule has 0 spiro atoms. The Balaban J connectivity index is 1.51. The topological polar surface area (TPSA) is 75.6 Å². The number of hydrogen-bond acceptors (Lipinski definition) is 4. The first kappa shape index (κ1) is 31.2. The van der Waals surface area contributed by atoms with Crippen molar-refractivity contribution in [2.24, 2.45) is 17.3 Å². The summed E-state index contributed by atoms with van der Waals surface area (Å²) < 4.78 is 76.5. The molecule has 0 radical (unpaired) electrons. The van der Waals surface area contributed by atoms with Crippen molar-refractivity contribution in [2.45, 2.75) is 95.4 Å². The molecule has 5 atom stereocenters. The van der Waals surface area contributed by atoms with Crippen molar-refractivity contribution in [1.82, 2.24) is 5.32 Å². The van der Waals surface area contributed by atoms with Crippen LogP contribution in [0.5, 0.6) is 0 Å². The van der Waals surface area contributed by atoms with Crippen LogP contribution in [0, 0.1) is 29.1 Å². The van der Waals surface area contributed by atoms with Gasteiger partial charge in [0.05, 0.1) is 0 Å². The molecule has 0 aliphatic heterocycles. The molecule has 232 valence electrons. The van der Waals surface area contributed by atoms with Gasteiger partial charge in [-0.2, -0.15) is 22.0 Å². The van der Waals surface area contributed by atoms with Crippen molar-refractivity contribution in [2.75, 3.05) is 6.61 Å². The second-order valence-electron chi connectivity index (χ2n) is 12.8. The first-order valence-corrected chi connectivity index (χ1v) is 14.7. The Kier molecular flexibility index (Phi) is 8.04. The standard InChI is InChI=1S/C33H36F5NO4/c1-19(2)39-29(41)43-16-4-5-20-6-8-21(9-7-20)26-18-30(3)27(14-15-31(30,42)32(34,35)33(36,37)38)25-12-10-22-17-23(40)11-13-24(22)28(25)26/h6-9,17,19,25-27,42H,10-16,18H2,1-3H3,(H,39,41)/t25?,26-,27?,30+,31+/m1/s1. The summed E-state index contributed by atoms with van der Waals surface area (Å²) in [5.41, 5.74) is -0.662. The third-order valence-electron chi connectivity index (χ3n) is 9.99. The van der Waals surface area contributed by atoms with Gasteiger partial charge in [0.25, 0.3) is 0 Å². The Morgan fingerprint density at radius 3 is 2.47 bits per heavy atom. The average molecular weight is 606 g/mol. The molecule has 2 saturated carbocycles. The van der Waals surface area contributed by atoms with E-state index >= 15 is 8.78 Å². The number of halogens is 5. The lowest BCUT2D eigenvalue weighted by molar-refractivity contribution is -0.362. The highest BCUT2D eigenvalue weighted by Crippen LogP contribution is 2.70. The lowest BCUT2D eigenvalue weighted by Crippen LogP contribution is -2.65. The number of rotatable bonds is 4. The molecule has 0 saturated heterocycles. The van der Waals surface area contributed by atoms with Gasteiger partial charge in [-0.05, 0) is 99.1 Å². The van der Waals surface area contributed by atoms with Crippen LogP contribution in [0.25, 0.3) is 0 Å². The van der Waals surface area contributed by atoms with Gasteiger partial charge < -0.3 is 15.2 Å². The molecule has 1 aromatic rings. The number of amides is 1. The smallest absolute Gasteiger partial charge is 0.436 e. The number of ketones is 1. The highest BCUT2D eigenvalue weighted by atomic mass is 19.4. The number of carbonyl (C=O) groups excluding carboxylic acids is 2. The summed E-state index contributed by atoms with van der Waals surface area (Å²) >= 11 is 0. The second kappa shape index (κ2) is 11.1. The van der Waals surface area contributed by atoms with Crippen LogP contribution in [0.1, 0.15) is 82.8 Å². The number of fused-ring (bicyclic) bond motifs is 4. The highest BCUT2D eigenvalue weighted by molar-refractivity contribution is 5.93. The molecule has 2 N–H and O–H groups in total. The van der Waals surface area contributed by atoms with Crippen molar-refractivity contribution in [1.29, 1.82) is 0 Å². The van der Waals surface area contributed by atoms with E-state index in [4.69, 9.17) is 4.74 Å². The third-order valence-corrected chi connectivity index (χ3v) is 9.99. The molecular weight excluding hydrogens is 569 g/mol. The van der Waals surface area contributed by atoms with Gasteiger partial charge >= 0.3 is 18.2 Å². The fraction of sp³-hybridized carbons (Fsp3) is 0.576. The summed E-state index contributed by atoms with van der Waals surface area (Å²) in [5, 5.41) is 14.0. The van der Waals surface area contributed by atoms with E-state index in [0.717, 1.165) is 22.3 Å². The first-order valence-electron chi connectivity index (χ1n) is 14.7. The zero-order chi connectivity index (χ0) is 31.4. The van der Waals surface area contributed by atoms with E-state index in [0.29, 0.717) is 31.2 Å². The van der Waals surface area contributed by atoms with Crippen LogP contribution in [0.15, 0.2) is 47.1 Å². The number of aliphatic hydroxyl groups is 1. The van der Waals surface area contributed by atoms with Crippen molar-refractivity contribution in [3.05, 3.63) is 58.2 Å². The number of nitrogens with one attached hydrogen (secondary N) is 1. The van der Waals surface area contributed by atoms with Crippen molar-refractivity contribution < 1.29 is 41.4 Å². The minimum absolute atomic E-state index is 0.0312. The maximum atomic E-state index is 15.1. The molecule has 5 rings (SSSR count). The molecule has 0 aromatic heterocycles. The minimum Gasteiger partial charge on any atom is -0.436 e. The van der Waals surface area contributed by atoms with Crippen molar-refractivity contribution in [3.63, 3.8) is 0 Å². The Morgan fingerprint density at radius 1 is 1.12 bits per heavy atom. The number of carbonyl (C=O) groups is 2. The Bertz CT molecular complexity index is 1420. The molecule has 2 unspecified atom stereocenters. The van der Waals surface area contributed by atoms with Gasteiger partial charge in [-0.25, -0.2) is 4.79 Å². The Morgan fingerprint density at radius 2 is 1.81 bits per heavy atom.